The summed E-state index contributed by atoms with van der Waals surface area (Å²) in [6, 6.07) is 4.76. The molecule has 0 atom stereocenters. The lowest BCUT2D eigenvalue weighted by Gasteiger charge is -2.10. The summed E-state index contributed by atoms with van der Waals surface area (Å²) in [7, 11) is 0. The normalized spacial score (nSPS) is 14.2. The van der Waals surface area contributed by atoms with Crippen molar-refractivity contribution in [2.75, 3.05) is 10.6 Å². The van der Waals surface area contributed by atoms with Crippen molar-refractivity contribution in [1.82, 2.24) is 9.97 Å². The van der Waals surface area contributed by atoms with Gasteiger partial charge in [-0.05, 0) is 31.9 Å². The molecule has 2 N–H and O–H groups in total. The topological polar surface area (TPSA) is 49.8 Å². The Labute approximate surface area is 115 Å². The minimum atomic E-state index is -0.611. The van der Waals surface area contributed by atoms with Gasteiger partial charge < -0.3 is 10.6 Å². The van der Waals surface area contributed by atoms with E-state index in [9.17, 15) is 8.78 Å². The third-order valence-corrected chi connectivity index (χ3v) is 3.18. The molecule has 3 rings (SSSR count). The van der Waals surface area contributed by atoms with Crippen LogP contribution < -0.4 is 10.6 Å². The second-order valence-electron chi connectivity index (χ2n) is 4.87. The van der Waals surface area contributed by atoms with E-state index in [4.69, 9.17) is 0 Å². The first kappa shape index (κ1) is 12.8. The molecule has 0 saturated heterocycles. The molecule has 1 aromatic carbocycles. The van der Waals surface area contributed by atoms with Gasteiger partial charge in [-0.15, -0.1) is 0 Å². The molecule has 0 spiro atoms. The molecule has 1 fully saturated rings. The van der Waals surface area contributed by atoms with Crippen molar-refractivity contribution in [2.24, 2.45) is 0 Å². The Balaban J connectivity index is 1.81. The van der Waals surface area contributed by atoms with Crippen molar-refractivity contribution in [3.05, 3.63) is 41.7 Å². The van der Waals surface area contributed by atoms with E-state index < -0.39 is 11.6 Å². The van der Waals surface area contributed by atoms with E-state index >= 15 is 0 Å². The van der Waals surface area contributed by atoms with Gasteiger partial charge in [0.15, 0.2) is 5.82 Å². The summed E-state index contributed by atoms with van der Waals surface area (Å²) in [6.45, 7) is 1.40. The quantitative estimate of drug-likeness (QED) is 0.898. The van der Waals surface area contributed by atoms with E-state index in [1.165, 1.54) is 25.4 Å². The fraction of sp³-hybridized carbons (Fsp3) is 0.286. The first-order chi connectivity index (χ1) is 9.63. The van der Waals surface area contributed by atoms with Crippen molar-refractivity contribution in [1.29, 1.82) is 0 Å². The smallest absolute Gasteiger partial charge is 0.152 e. The SMILES string of the molecule is Cc1c(F)ccc(Nc2cc(NC3CC3)ncn2)c1F. The van der Waals surface area contributed by atoms with Crippen molar-refractivity contribution in [3.8, 4) is 0 Å². The lowest BCUT2D eigenvalue weighted by atomic mass is 10.2. The second-order valence-corrected chi connectivity index (χ2v) is 4.87. The Hall–Kier alpha value is -2.24. The number of anilines is 3. The van der Waals surface area contributed by atoms with Gasteiger partial charge in [0.05, 0.1) is 5.69 Å². The highest BCUT2D eigenvalue weighted by Crippen LogP contribution is 2.26. The summed E-state index contributed by atoms with van der Waals surface area (Å²) in [5.41, 5.74) is 0.181. The number of nitrogens with one attached hydrogen (secondary N) is 2. The Morgan fingerprint density at radius 3 is 2.65 bits per heavy atom. The molecule has 1 aliphatic carbocycles. The zero-order valence-corrected chi connectivity index (χ0v) is 11.0. The van der Waals surface area contributed by atoms with Crippen LogP contribution >= 0.6 is 0 Å². The molecule has 20 heavy (non-hydrogen) atoms. The molecule has 0 unspecified atom stereocenters. The van der Waals surface area contributed by atoms with Crippen molar-refractivity contribution < 1.29 is 8.78 Å². The highest BCUT2D eigenvalue weighted by atomic mass is 19.1. The number of benzene rings is 1. The standard InChI is InChI=1S/C14H14F2N4/c1-8-10(15)4-5-11(14(8)16)20-13-6-12(17-7-18-13)19-9-2-3-9/h4-7,9H,2-3H2,1H3,(H2,17,18,19,20). The number of nitrogens with zero attached hydrogens (tertiary/aromatic N) is 2. The second kappa shape index (κ2) is 5.03. The average Bonchev–Trinajstić information content (AvgIpc) is 3.24. The molecule has 6 heteroatoms. The fourth-order valence-corrected chi connectivity index (χ4v) is 1.84. The highest BCUT2D eigenvalue weighted by molar-refractivity contribution is 5.60. The Kier molecular flexibility index (Phi) is 3.22. The van der Waals surface area contributed by atoms with Crippen LogP contribution in [0.2, 0.25) is 0 Å². The fourth-order valence-electron chi connectivity index (χ4n) is 1.84. The van der Waals surface area contributed by atoms with E-state index in [1.807, 2.05) is 0 Å². The van der Waals surface area contributed by atoms with Crippen LogP contribution in [0.15, 0.2) is 24.5 Å². The van der Waals surface area contributed by atoms with Crippen LogP contribution in [0.4, 0.5) is 26.1 Å². The van der Waals surface area contributed by atoms with Crippen molar-refractivity contribution in [2.45, 2.75) is 25.8 Å². The molecular formula is C14H14F2N4. The molecule has 1 aliphatic rings. The summed E-state index contributed by atoms with van der Waals surface area (Å²) in [5, 5.41) is 6.07. The maximum Gasteiger partial charge on any atom is 0.152 e. The molecule has 2 aromatic rings. The number of halogens is 2. The lowest BCUT2D eigenvalue weighted by Crippen LogP contribution is -2.05. The largest absolute Gasteiger partial charge is 0.367 e. The molecule has 1 aromatic heterocycles. The zero-order valence-electron chi connectivity index (χ0n) is 11.0. The van der Waals surface area contributed by atoms with Gasteiger partial charge >= 0.3 is 0 Å². The van der Waals surface area contributed by atoms with Crippen molar-refractivity contribution in [3.63, 3.8) is 0 Å². The van der Waals surface area contributed by atoms with E-state index in [1.54, 1.807) is 6.07 Å². The van der Waals surface area contributed by atoms with Crippen LogP contribution in [0, 0.1) is 18.6 Å². The molecule has 1 saturated carbocycles. The first-order valence-electron chi connectivity index (χ1n) is 6.43. The predicted molar refractivity (Wildman–Crippen MR) is 73.1 cm³/mol. The first-order valence-corrected chi connectivity index (χ1v) is 6.43. The van der Waals surface area contributed by atoms with Gasteiger partial charge in [0.25, 0.3) is 0 Å². The maximum absolute atomic E-state index is 13.9. The number of rotatable bonds is 4. The summed E-state index contributed by atoms with van der Waals surface area (Å²) >= 11 is 0. The van der Waals surface area contributed by atoms with Crippen LogP contribution in [0.25, 0.3) is 0 Å². The van der Waals surface area contributed by atoms with Gasteiger partial charge in [-0.2, -0.15) is 0 Å². The predicted octanol–water partition coefficient (Wildman–Crippen LogP) is 3.38. The Morgan fingerprint density at radius 2 is 1.90 bits per heavy atom. The summed E-state index contributed by atoms with van der Waals surface area (Å²) in [6.07, 6.45) is 3.68. The van der Waals surface area contributed by atoms with E-state index in [-0.39, 0.29) is 11.3 Å². The Bertz CT molecular complexity index is 641. The third kappa shape index (κ3) is 2.68. The molecule has 0 bridgehead atoms. The number of hydrogen-bond donors (Lipinski definition) is 2. The maximum atomic E-state index is 13.9. The molecule has 0 amide bonds. The van der Waals surface area contributed by atoms with Gasteiger partial charge in [0, 0.05) is 17.7 Å². The van der Waals surface area contributed by atoms with Crippen LogP contribution in [0.1, 0.15) is 18.4 Å². The summed E-state index contributed by atoms with van der Waals surface area (Å²) in [4.78, 5) is 8.13. The van der Waals surface area contributed by atoms with Gasteiger partial charge in [-0.3, -0.25) is 0 Å². The average molecular weight is 276 g/mol. The van der Waals surface area contributed by atoms with Crippen LogP contribution in [-0.2, 0) is 0 Å². The third-order valence-electron chi connectivity index (χ3n) is 3.18. The number of hydrogen-bond acceptors (Lipinski definition) is 4. The van der Waals surface area contributed by atoms with Crippen molar-refractivity contribution >= 4 is 17.3 Å². The van der Waals surface area contributed by atoms with Gasteiger partial charge in [0.2, 0.25) is 0 Å². The van der Waals surface area contributed by atoms with Gasteiger partial charge in [0.1, 0.15) is 23.8 Å². The van der Waals surface area contributed by atoms with Crippen LogP contribution in [0.3, 0.4) is 0 Å². The summed E-state index contributed by atoms with van der Waals surface area (Å²) in [5.74, 6) is -0.00978. The van der Waals surface area contributed by atoms with Crippen LogP contribution in [-0.4, -0.2) is 16.0 Å². The molecule has 0 aliphatic heterocycles. The zero-order chi connectivity index (χ0) is 14.1. The van der Waals surface area contributed by atoms with E-state index in [2.05, 4.69) is 20.6 Å². The van der Waals surface area contributed by atoms with E-state index in [0.29, 0.717) is 17.7 Å². The monoisotopic (exact) mass is 276 g/mol. The molecule has 0 radical (unpaired) electrons. The molecule has 4 nitrogen and oxygen atoms in total. The minimum absolute atomic E-state index is 0.0135. The molecular weight excluding hydrogens is 262 g/mol. The van der Waals surface area contributed by atoms with E-state index in [0.717, 1.165) is 12.8 Å². The van der Waals surface area contributed by atoms with Gasteiger partial charge in [-0.25, -0.2) is 18.7 Å². The lowest BCUT2D eigenvalue weighted by molar-refractivity contribution is 0.571. The molecule has 104 valence electrons. The van der Waals surface area contributed by atoms with Gasteiger partial charge in [-0.1, -0.05) is 0 Å². The minimum Gasteiger partial charge on any atom is -0.367 e. The summed E-state index contributed by atoms with van der Waals surface area (Å²) < 4.78 is 27.1. The molecule has 1 heterocycles. The van der Waals surface area contributed by atoms with Crippen LogP contribution in [0.5, 0.6) is 0 Å². The number of aromatic nitrogens is 2. The Morgan fingerprint density at radius 1 is 1.15 bits per heavy atom. The highest BCUT2D eigenvalue weighted by Gasteiger charge is 2.21.